The van der Waals surface area contributed by atoms with Crippen LogP contribution in [0.25, 0.3) is 0 Å². The number of aromatic nitrogens is 2. The minimum absolute atomic E-state index is 0.239. The van der Waals surface area contributed by atoms with Gasteiger partial charge < -0.3 is 15.5 Å². The van der Waals surface area contributed by atoms with Gasteiger partial charge in [0.25, 0.3) is 0 Å². The van der Waals surface area contributed by atoms with Crippen molar-refractivity contribution in [1.29, 1.82) is 0 Å². The molecule has 2 heterocycles. The summed E-state index contributed by atoms with van der Waals surface area (Å²) in [6.45, 7) is 2.38. The second kappa shape index (κ2) is 8.71. The Kier molecular flexibility index (Phi) is 6.11. The van der Waals surface area contributed by atoms with Crippen molar-refractivity contribution in [2.24, 2.45) is 0 Å². The third-order valence-electron chi connectivity index (χ3n) is 4.10. The van der Waals surface area contributed by atoms with Gasteiger partial charge in [0.15, 0.2) is 0 Å². The predicted molar refractivity (Wildman–Crippen MR) is 102 cm³/mol. The minimum Gasteiger partial charge on any atom is -0.341 e. The molecule has 7 heteroatoms. The van der Waals surface area contributed by atoms with E-state index in [0.717, 1.165) is 35.3 Å². The van der Waals surface area contributed by atoms with Crippen LogP contribution in [0, 0.1) is 0 Å². The van der Waals surface area contributed by atoms with Crippen molar-refractivity contribution in [3.8, 4) is 0 Å². The Balaban J connectivity index is 1.54. The average molecular weight is 357 g/mol. The Bertz CT molecular complexity index is 718. The number of rotatable bonds is 5. The number of hydrogen-bond donors (Lipinski definition) is 2. The Labute approximate surface area is 152 Å². The van der Waals surface area contributed by atoms with Crippen molar-refractivity contribution < 1.29 is 4.79 Å². The molecule has 0 unspecified atom stereocenters. The fourth-order valence-electron chi connectivity index (χ4n) is 2.78. The Morgan fingerprint density at radius 1 is 1.24 bits per heavy atom. The summed E-state index contributed by atoms with van der Waals surface area (Å²) in [6.07, 6.45) is 7.41. The van der Waals surface area contributed by atoms with E-state index >= 15 is 0 Å². The van der Waals surface area contributed by atoms with Crippen molar-refractivity contribution in [2.75, 3.05) is 29.6 Å². The smallest absolute Gasteiger partial charge is 0.319 e. The number of carbonyl (C=O) groups is 1. The molecule has 25 heavy (non-hydrogen) atoms. The van der Waals surface area contributed by atoms with Crippen molar-refractivity contribution >= 4 is 29.4 Å². The largest absolute Gasteiger partial charge is 0.341 e. The lowest BCUT2D eigenvalue weighted by atomic mass is 10.1. The first-order valence-corrected chi connectivity index (χ1v) is 9.73. The molecule has 0 aliphatic carbocycles. The van der Waals surface area contributed by atoms with Crippen molar-refractivity contribution in [1.82, 2.24) is 15.3 Å². The molecule has 2 aromatic rings. The number of hydrogen-bond acceptors (Lipinski definition) is 5. The maximum atomic E-state index is 12.1. The SMILES string of the molecule is CSc1cccc(NC(=O)NCc2ccnc(N3CCCCC3)n2)c1. The Morgan fingerprint density at radius 3 is 2.88 bits per heavy atom. The van der Waals surface area contributed by atoms with Gasteiger partial charge in [0, 0.05) is 29.9 Å². The van der Waals surface area contributed by atoms with Crippen molar-refractivity contribution in [2.45, 2.75) is 30.7 Å². The molecule has 2 N–H and O–H groups in total. The number of anilines is 2. The summed E-state index contributed by atoms with van der Waals surface area (Å²) in [4.78, 5) is 24.3. The number of thioether (sulfide) groups is 1. The fourth-order valence-corrected chi connectivity index (χ4v) is 3.24. The number of amides is 2. The molecule has 0 radical (unpaired) electrons. The molecule has 6 nitrogen and oxygen atoms in total. The normalized spacial score (nSPS) is 14.2. The second-order valence-electron chi connectivity index (χ2n) is 5.94. The van der Waals surface area contributed by atoms with Crippen LogP contribution in [-0.4, -0.2) is 35.3 Å². The topological polar surface area (TPSA) is 70.2 Å². The van der Waals surface area contributed by atoms with Crippen molar-refractivity contribution in [3.05, 3.63) is 42.2 Å². The summed E-state index contributed by atoms with van der Waals surface area (Å²) in [7, 11) is 0. The van der Waals surface area contributed by atoms with Crippen LogP contribution >= 0.6 is 11.8 Å². The zero-order chi connectivity index (χ0) is 17.5. The molecule has 3 rings (SSSR count). The van der Waals surface area contributed by atoms with Crippen LogP contribution in [-0.2, 0) is 6.54 Å². The highest BCUT2D eigenvalue weighted by Gasteiger charge is 2.13. The van der Waals surface area contributed by atoms with Gasteiger partial charge in [-0.3, -0.25) is 0 Å². The van der Waals surface area contributed by atoms with E-state index in [4.69, 9.17) is 0 Å². The van der Waals surface area contributed by atoms with Gasteiger partial charge in [-0.2, -0.15) is 0 Å². The fraction of sp³-hybridized carbons (Fsp3) is 0.389. The number of nitrogens with zero attached hydrogens (tertiary/aromatic N) is 3. The van der Waals surface area contributed by atoms with Crippen LogP contribution in [0.5, 0.6) is 0 Å². The van der Waals surface area contributed by atoms with Crippen molar-refractivity contribution in [3.63, 3.8) is 0 Å². The predicted octanol–water partition coefficient (Wildman–Crippen LogP) is 3.51. The van der Waals surface area contributed by atoms with E-state index in [0.29, 0.717) is 6.54 Å². The first kappa shape index (κ1) is 17.5. The maximum absolute atomic E-state index is 12.1. The van der Waals surface area contributed by atoms with Gasteiger partial charge in [0.05, 0.1) is 12.2 Å². The number of benzene rings is 1. The van der Waals surface area contributed by atoms with Crippen LogP contribution in [0.3, 0.4) is 0 Å². The first-order chi connectivity index (χ1) is 12.2. The van der Waals surface area contributed by atoms with E-state index in [2.05, 4.69) is 25.5 Å². The van der Waals surface area contributed by atoms with Gasteiger partial charge in [-0.15, -0.1) is 11.8 Å². The lowest BCUT2D eigenvalue weighted by molar-refractivity contribution is 0.251. The van der Waals surface area contributed by atoms with E-state index in [1.165, 1.54) is 19.3 Å². The molecule has 1 fully saturated rings. The Morgan fingerprint density at radius 2 is 2.08 bits per heavy atom. The summed E-state index contributed by atoms with van der Waals surface area (Å²) < 4.78 is 0. The standard InChI is InChI=1S/C18H23N5OS/c1-25-16-7-5-6-14(12-16)22-18(24)20-13-15-8-9-19-17(21-15)23-10-3-2-4-11-23/h5-9,12H,2-4,10-11,13H2,1H3,(H2,20,22,24). The molecule has 0 atom stereocenters. The van der Waals surface area contributed by atoms with E-state index in [-0.39, 0.29) is 6.03 Å². The van der Waals surface area contributed by atoms with E-state index in [1.54, 1.807) is 18.0 Å². The summed E-state index contributed by atoms with van der Waals surface area (Å²) >= 11 is 1.64. The molecule has 132 valence electrons. The van der Waals surface area contributed by atoms with Gasteiger partial charge in [-0.1, -0.05) is 6.07 Å². The molecule has 1 aromatic carbocycles. The molecule has 1 aromatic heterocycles. The van der Waals surface area contributed by atoms with Gasteiger partial charge in [-0.05, 0) is 49.8 Å². The van der Waals surface area contributed by atoms with E-state index in [9.17, 15) is 4.79 Å². The molecule has 0 spiro atoms. The quantitative estimate of drug-likeness (QED) is 0.802. The van der Waals surface area contributed by atoms with Crippen LogP contribution in [0.4, 0.5) is 16.4 Å². The number of piperidine rings is 1. The van der Waals surface area contributed by atoms with Crippen LogP contribution in [0.1, 0.15) is 25.0 Å². The highest BCUT2D eigenvalue weighted by Crippen LogP contribution is 2.19. The minimum atomic E-state index is -0.239. The zero-order valence-corrected chi connectivity index (χ0v) is 15.2. The molecule has 0 bridgehead atoms. The molecule has 1 aliphatic heterocycles. The summed E-state index contributed by atoms with van der Waals surface area (Å²) in [5.41, 5.74) is 1.59. The third-order valence-corrected chi connectivity index (χ3v) is 4.82. The molecular weight excluding hydrogens is 334 g/mol. The molecule has 1 saturated heterocycles. The number of nitrogens with one attached hydrogen (secondary N) is 2. The average Bonchev–Trinajstić information content (AvgIpc) is 2.67. The lowest BCUT2D eigenvalue weighted by Gasteiger charge is -2.26. The summed E-state index contributed by atoms with van der Waals surface area (Å²) in [5.74, 6) is 0.757. The molecule has 2 amide bonds. The van der Waals surface area contributed by atoms with Crippen LogP contribution in [0.2, 0.25) is 0 Å². The molecular formula is C18H23N5OS. The van der Waals surface area contributed by atoms with Gasteiger partial charge in [0.2, 0.25) is 5.95 Å². The summed E-state index contributed by atoms with van der Waals surface area (Å²) in [6, 6.07) is 9.36. The lowest BCUT2D eigenvalue weighted by Crippen LogP contribution is -2.32. The zero-order valence-electron chi connectivity index (χ0n) is 14.4. The molecule has 0 saturated carbocycles. The van der Waals surface area contributed by atoms with Crippen LogP contribution < -0.4 is 15.5 Å². The molecule has 1 aliphatic rings. The van der Waals surface area contributed by atoms with Gasteiger partial charge in [-0.25, -0.2) is 14.8 Å². The monoisotopic (exact) mass is 357 g/mol. The van der Waals surface area contributed by atoms with E-state index in [1.807, 2.05) is 36.6 Å². The second-order valence-corrected chi connectivity index (χ2v) is 6.81. The van der Waals surface area contributed by atoms with Gasteiger partial charge in [0.1, 0.15) is 0 Å². The number of urea groups is 1. The Hall–Kier alpha value is -2.28. The first-order valence-electron chi connectivity index (χ1n) is 8.50. The third kappa shape index (κ3) is 5.09. The number of carbonyl (C=O) groups excluding carboxylic acids is 1. The highest BCUT2D eigenvalue weighted by molar-refractivity contribution is 7.98. The highest BCUT2D eigenvalue weighted by atomic mass is 32.2. The summed E-state index contributed by atoms with van der Waals surface area (Å²) in [5, 5.41) is 5.70. The van der Waals surface area contributed by atoms with E-state index < -0.39 is 0 Å². The van der Waals surface area contributed by atoms with Gasteiger partial charge >= 0.3 is 6.03 Å². The van der Waals surface area contributed by atoms with Crippen LogP contribution in [0.15, 0.2) is 41.4 Å². The maximum Gasteiger partial charge on any atom is 0.319 e.